The zero-order valence-electron chi connectivity index (χ0n) is 14.1. The Hall–Kier alpha value is -1.30. The molecule has 0 radical (unpaired) electrons. The summed E-state index contributed by atoms with van der Waals surface area (Å²) in [6, 6.07) is 3.62. The maximum Gasteiger partial charge on any atom is 0.161 e. The van der Waals surface area contributed by atoms with Gasteiger partial charge in [0, 0.05) is 12.6 Å². The molecule has 2 unspecified atom stereocenters. The van der Waals surface area contributed by atoms with Gasteiger partial charge in [0.15, 0.2) is 11.5 Å². The van der Waals surface area contributed by atoms with Crippen molar-refractivity contribution in [2.24, 2.45) is 5.73 Å². The van der Waals surface area contributed by atoms with Crippen molar-refractivity contribution < 1.29 is 14.6 Å². The predicted octanol–water partition coefficient (Wildman–Crippen LogP) is 2.04. The molecule has 1 aromatic rings. The van der Waals surface area contributed by atoms with E-state index in [1.807, 2.05) is 12.1 Å². The summed E-state index contributed by atoms with van der Waals surface area (Å²) in [6.45, 7) is 8.25. The number of nitrogens with two attached hydrogens (primary N) is 1. The topological polar surface area (TPSA) is 68.0 Å². The number of nitrogens with zero attached hydrogens (tertiary/aromatic N) is 1. The van der Waals surface area contributed by atoms with E-state index in [4.69, 9.17) is 15.2 Å². The van der Waals surface area contributed by atoms with Gasteiger partial charge in [-0.1, -0.05) is 13.8 Å². The Labute approximate surface area is 138 Å². The fourth-order valence-electron chi connectivity index (χ4n) is 3.47. The highest BCUT2D eigenvalue weighted by Gasteiger charge is 2.27. The number of likely N-dealkylation sites (tertiary alicyclic amines) is 1. The van der Waals surface area contributed by atoms with Crippen molar-refractivity contribution in [3.05, 3.63) is 23.3 Å². The Morgan fingerprint density at radius 3 is 2.22 bits per heavy atom. The molecule has 0 saturated carbocycles. The van der Waals surface area contributed by atoms with Gasteiger partial charge in [0.2, 0.25) is 0 Å². The van der Waals surface area contributed by atoms with Gasteiger partial charge in [-0.25, -0.2) is 0 Å². The number of benzene rings is 1. The normalized spacial score (nSPS) is 20.7. The number of aliphatic hydroxyl groups excluding tert-OH is 1. The van der Waals surface area contributed by atoms with Gasteiger partial charge in [0.1, 0.15) is 13.2 Å². The second-order valence-electron chi connectivity index (χ2n) is 6.90. The van der Waals surface area contributed by atoms with Gasteiger partial charge in [-0.15, -0.1) is 0 Å². The first-order valence-electron chi connectivity index (χ1n) is 8.65. The monoisotopic (exact) mass is 320 g/mol. The molecule has 128 valence electrons. The fourth-order valence-corrected chi connectivity index (χ4v) is 3.47. The number of fused-ring (bicyclic) bond motifs is 1. The van der Waals surface area contributed by atoms with Crippen LogP contribution in [-0.2, 0) is 0 Å². The molecule has 0 bridgehead atoms. The summed E-state index contributed by atoms with van der Waals surface area (Å²) in [4.78, 5) is 2.33. The molecule has 0 amide bonds. The number of hydrogen-bond acceptors (Lipinski definition) is 5. The van der Waals surface area contributed by atoms with Gasteiger partial charge in [-0.3, -0.25) is 0 Å². The van der Waals surface area contributed by atoms with Gasteiger partial charge in [-0.2, -0.15) is 0 Å². The summed E-state index contributed by atoms with van der Waals surface area (Å²) >= 11 is 0. The van der Waals surface area contributed by atoms with Crippen LogP contribution >= 0.6 is 0 Å². The van der Waals surface area contributed by atoms with E-state index in [-0.39, 0.29) is 12.0 Å². The highest BCUT2D eigenvalue weighted by atomic mass is 16.6. The average Bonchev–Trinajstić information content (AvgIpc) is 3.05. The number of ether oxygens (including phenoxy) is 2. The van der Waals surface area contributed by atoms with Gasteiger partial charge in [-0.05, 0) is 55.1 Å². The largest absolute Gasteiger partial charge is 0.486 e. The predicted molar refractivity (Wildman–Crippen MR) is 90.1 cm³/mol. The summed E-state index contributed by atoms with van der Waals surface area (Å²) in [5, 5.41) is 10.8. The van der Waals surface area contributed by atoms with E-state index in [1.54, 1.807) is 0 Å². The molecule has 0 aliphatic carbocycles. The van der Waals surface area contributed by atoms with Crippen molar-refractivity contribution in [2.45, 2.75) is 44.8 Å². The van der Waals surface area contributed by atoms with Crippen LogP contribution in [0.3, 0.4) is 0 Å². The highest BCUT2D eigenvalue weighted by molar-refractivity contribution is 5.50. The molecule has 0 spiro atoms. The number of rotatable bonds is 5. The molecule has 2 aliphatic heterocycles. The van der Waals surface area contributed by atoms with Crippen LogP contribution < -0.4 is 15.2 Å². The maximum absolute atomic E-state index is 10.8. The molecule has 0 aromatic heterocycles. The molecule has 2 heterocycles. The van der Waals surface area contributed by atoms with Crippen molar-refractivity contribution in [3.63, 3.8) is 0 Å². The average molecular weight is 320 g/mol. The molecular weight excluding hydrogens is 292 g/mol. The van der Waals surface area contributed by atoms with Crippen LogP contribution in [0.5, 0.6) is 11.5 Å². The molecule has 23 heavy (non-hydrogen) atoms. The molecule has 5 heteroatoms. The summed E-state index contributed by atoms with van der Waals surface area (Å²) in [7, 11) is 0. The third kappa shape index (κ3) is 3.62. The fraction of sp³-hybridized carbons (Fsp3) is 0.667. The molecule has 2 atom stereocenters. The van der Waals surface area contributed by atoms with Crippen molar-refractivity contribution in [1.29, 1.82) is 0 Å². The van der Waals surface area contributed by atoms with E-state index in [0.29, 0.717) is 19.0 Å². The van der Waals surface area contributed by atoms with Crippen LogP contribution in [0.15, 0.2) is 12.1 Å². The van der Waals surface area contributed by atoms with Crippen LogP contribution in [-0.4, -0.2) is 48.9 Å². The first-order valence-corrected chi connectivity index (χ1v) is 8.65. The Morgan fingerprint density at radius 1 is 1.09 bits per heavy atom. The van der Waals surface area contributed by atoms with Gasteiger partial charge < -0.3 is 25.2 Å². The van der Waals surface area contributed by atoms with Crippen molar-refractivity contribution >= 4 is 0 Å². The van der Waals surface area contributed by atoms with Crippen LogP contribution in [0.1, 0.15) is 49.8 Å². The van der Waals surface area contributed by atoms with Crippen LogP contribution in [0.4, 0.5) is 0 Å². The lowest BCUT2D eigenvalue weighted by atomic mass is 9.90. The van der Waals surface area contributed by atoms with Crippen LogP contribution in [0.25, 0.3) is 0 Å². The summed E-state index contributed by atoms with van der Waals surface area (Å²) in [5.74, 6) is 1.77. The summed E-state index contributed by atoms with van der Waals surface area (Å²) < 4.78 is 11.3. The molecule has 2 aliphatic rings. The Balaban J connectivity index is 1.83. The minimum Gasteiger partial charge on any atom is -0.486 e. The minimum atomic E-state index is -0.691. The molecular formula is C18H28N2O3. The lowest BCUT2D eigenvalue weighted by molar-refractivity contribution is 0.122. The first kappa shape index (κ1) is 16.6. The third-order valence-corrected chi connectivity index (χ3v) is 4.76. The quantitative estimate of drug-likeness (QED) is 0.869. The van der Waals surface area contributed by atoms with Gasteiger partial charge in [0.05, 0.1) is 6.10 Å². The molecule has 3 rings (SSSR count). The zero-order valence-corrected chi connectivity index (χ0v) is 14.1. The molecule has 1 saturated heterocycles. The first-order chi connectivity index (χ1) is 11.1. The lowest BCUT2D eigenvalue weighted by Gasteiger charge is -2.28. The van der Waals surface area contributed by atoms with E-state index in [9.17, 15) is 5.11 Å². The Bertz CT molecular complexity index is 541. The van der Waals surface area contributed by atoms with Crippen molar-refractivity contribution in [2.75, 3.05) is 32.8 Å². The minimum absolute atomic E-state index is 0.287. The summed E-state index contributed by atoms with van der Waals surface area (Å²) in [5.41, 5.74) is 8.26. The van der Waals surface area contributed by atoms with E-state index in [1.165, 1.54) is 12.8 Å². The second kappa shape index (κ2) is 7.07. The van der Waals surface area contributed by atoms with E-state index in [2.05, 4.69) is 18.7 Å². The van der Waals surface area contributed by atoms with E-state index >= 15 is 0 Å². The second-order valence-corrected chi connectivity index (χ2v) is 6.90. The standard InChI is InChI=1S/C18H28N2O3/c1-12(2)13-9-16-17(23-8-7-22-16)10-14(13)18(21)15(19)11-20-5-3-4-6-20/h9-10,12,15,18,21H,3-8,11,19H2,1-2H3. The third-order valence-electron chi connectivity index (χ3n) is 4.76. The van der Waals surface area contributed by atoms with Crippen LogP contribution in [0.2, 0.25) is 0 Å². The maximum atomic E-state index is 10.8. The molecule has 1 fully saturated rings. The number of hydrogen-bond donors (Lipinski definition) is 2. The van der Waals surface area contributed by atoms with Crippen molar-refractivity contribution in [1.82, 2.24) is 4.90 Å². The molecule has 1 aromatic carbocycles. The Morgan fingerprint density at radius 2 is 1.65 bits per heavy atom. The van der Waals surface area contributed by atoms with E-state index in [0.717, 1.165) is 36.5 Å². The highest BCUT2D eigenvalue weighted by Crippen LogP contribution is 2.38. The molecule has 3 N–H and O–H groups in total. The van der Waals surface area contributed by atoms with E-state index < -0.39 is 6.10 Å². The zero-order chi connectivity index (χ0) is 16.4. The van der Waals surface area contributed by atoms with Crippen LogP contribution in [0, 0.1) is 0 Å². The molecule has 5 nitrogen and oxygen atoms in total. The SMILES string of the molecule is CC(C)c1cc2c(cc1C(O)C(N)CN1CCCC1)OCCO2. The number of aliphatic hydroxyl groups is 1. The Kier molecular flexibility index (Phi) is 5.09. The van der Waals surface area contributed by atoms with Gasteiger partial charge in [0.25, 0.3) is 0 Å². The van der Waals surface area contributed by atoms with Crippen molar-refractivity contribution in [3.8, 4) is 11.5 Å². The summed E-state index contributed by atoms with van der Waals surface area (Å²) in [6.07, 6.45) is 1.76. The lowest BCUT2D eigenvalue weighted by Crippen LogP contribution is -2.40. The smallest absolute Gasteiger partial charge is 0.161 e. The van der Waals surface area contributed by atoms with Gasteiger partial charge >= 0.3 is 0 Å².